The molecular formula is C14H17N5O2. The monoisotopic (exact) mass is 287 g/mol. The lowest BCUT2D eigenvalue weighted by molar-refractivity contribution is -0.116. The number of nitrogens with zero attached hydrogens (tertiary/aromatic N) is 3. The van der Waals surface area contributed by atoms with Gasteiger partial charge >= 0.3 is 0 Å². The van der Waals surface area contributed by atoms with E-state index in [0.29, 0.717) is 23.7 Å². The third-order valence-electron chi connectivity index (χ3n) is 2.74. The number of nitrogens with one attached hydrogen (secondary N) is 1. The molecule has 0 aliphatic carbocycles. The van der Waals surface area contributed by atoms with Crippen LogP contribution in [0.3, 0.4) is 0 Å². The average Bonchev–Trinajstić information content (AvgIpc) is 2.47. The molecule has 0 bridgehead atoms. The van der Waals surface area contributed by atoms with Gasteiger partial charge in [-0.1, -0.05) is 0 Å². The van der Waals surface area contributed by atoms with Crippen molar-refractivity contribution < 1.29 is 9.53 Å². The summed E-state index contributed by atoms with van der Waals surface area (Å²) >= 11 is 0. The molecule has 0 aromatic heterocycles. The number of hydrogen-bond donors (Lipinski definition) is 2. The number of anilines is 2. The summed E-state index contributed by atoms with van der Waals surface area (Å²) < 4.78 is 5.14. The molecule has 0 unspecified atom stereocenters. The van der Waals surface area contributed by atoms with Crippen LogP contribution in [-0.2, 0) is 4.79 Å². The summed E-state index contributed by atoms with van der Waals surface area (Å²) in [5, 5.41) is 20.0. The van der Waals surface area contributed by atoms with Crippen molar-refractivity contribution in [1.29, 1.82) is 10.5 Å². The standard InChI is InChI=1S/C14H17N5O2/c1-21-13-10-11(17)2-3-12(13)18-14(20)4-7-19(8-5-15)9-6-16/h2-3,10H,4,7-9,17H2,1H3,(H,18,20). The molecule has 0 aliphatic heterocycles. The molecule has 0 atom stereocenters. The SMILES string of the molecule is COc1cc(N)ccc1NC(=O)CCN(CC#N)CC#N. The zero-order valence-corrected chi connectivity index (χ0v) is 11.8. The van der Waals surface area contributed by atoms with Crippen molar-refractivity contribution in [3.05, 3.63) is 18.2 Å². The van der Waals surface area contributed by atoms with E-state index >= 15 is 0 Å². The Labute approximate surface area is 123 Å². The number of nitrogen functional groups attached to an aromatic ring is 1. The van der Waals surface area contributed by atoms with Gasteiger partial charge in [0, 0.05) is 24.7 Å². The average molecular weight is 287 g/mol. The van der Waals surface area contributed by atoms with Gasteiger partial charge in [-0.05, 0) is 12.1 Å². The first-order valence-corrected chi connectivity index (χ1v) is 6.30. The van der Waals surface area contributed by atoms with Crippen LogP contribution in [0.5, 0.6) is 5.75 Å². The fraction of sp³-hybridized carbons (Fsp3) is 0.357. The second-order valence-corrected chi connectivity index (χ2v) is 4.28. The molecule has 7 nitrogen and oxygen atoms in total. The molecule has 0 heterocycles. The molecule has 1 aromatic carbocycles. The van der Waals surface area contributed by atoms with Gasteiger partial charge in [-0.15, -0.1) is 0 Å². The summed E-state index contributed by atoms with van der Waals surface area (Å²) in [7, 11) is 1.49. The van der Waals surface area contributed by atoms with Crippen molar-refractivity contribution in [1.82, 2.24) is 4.90 Å². The number of amides is 1. The van der Waals surface area contributed by atoms with Gasteiger partial charge in [0.15, 0.2) is 0 Å². The Morgan fingerprint density at radius 1 is 1.38 bits per heavy atom. The molecule has 0 radical (unpaired) electrons. The first-order valence-electron chi connectivity index (χ1n) is 6.30. The van der Waals surface area contributed by atoms with Crippen LogP contribution < -0.4 is 15.8 Å². The van der Waals surface area contributed by atoms with Crippen LogP contribution in [0.2, 0.25) is 0 Å². The Kier molecular flexibility index (Phi) is 6.52. The normalized spacial score (nSPS) is 9.71. The van der Waals surface area contributed by atoms with Crippen molar-refractivity contribution in [3.63, 3.8) is 0 Å². The van der Waals surface area contributed by atoms with Gasteiger partial charge in [0.2, 0.25) is 5.91 Å². The van der Waals surface area contributed by atoms with Gasteiger partial charge in [0.05, 0.1) is 38.0 Å². The minimum absolute atomic E-state index is 0.117. The molecule has 1 rings (SSSR count). The lowest BCUT2D eigenvalue weighted by Crippen LogP contribution is -2.28. The van der Waals surface area contributed by atoms with Crippen LogP contribution in [0.1, 0.15) is 6.42 Å². The van der Waals surface area contributed by atoms with Crippen molar-refractivity contribution in [2.75, 3.05) is 37.8 Å². The van der Waals surface area contributed by atoms with Gasteiger partial charge in [-0.3, -0.25) is 9.69 Å². The Morgan fingerprint density at radius 3 is 2.62 bits per heavy atom. The number of methoxy groups -OCH3 is 1. The molecule has 0 fully saturated rings. The molecule has 7 heteroatoms. The predicted molar refractivity (Wildman–Crippen MR) is 78.3 cm³/mol. The van der Waals surface area contributed by atoms with E-state index in [1.54, 1.807) is 23.1 Å². The quantitative estimate of drug-likeness (QED) is 0.570. The summed E-state index contributed by atoms with van der Waals surface area (Å²) in [5.41, 5.74) is 6.71. The van der Waals surface area contributed by atoms with Crippen molar-refractivity contribution >= 4 is 17.3 Å². The molecule has 1 amide bonds. The van der Waals surface area contributed by atoms with E-state index in [9.17, 15) is 4.79 Å². The van der Waals surface area contributed by atoms with Crippen LogP contribution >= 0.6 is 0 Å². The fourth-order valence-corrected chi connectivity index (χ4v) is 1.70. The molecule has 3 N–H and O–H groups in total. The van der Waals surface area contributed by atoms with E-state index in [1.807, 2.05) is 12.1 Å². The Morgan fingerprint density at radius 2 is 2.05 bits per heavy atom. The highest BCUT2D eigenvalue weighted by atomic mass is 16.5. The molecule has 110 valence electrons. The van der Waals surface area contributed by atoms with Gasteiger partial charge in [0.25, 0.3) is 0 Å². The Balaban J connectivity index is 2.58. The maximum atomic E-state index is 11.9. The third-order valence-corrected chi connectivity index (χ3v) is 2.74. The van der Waals surface area contributed by atoms with Crippen LogP contribution in [0.15, 0.2) is 18.2 Å². The van der Waals surface area contributed by atoms with Crippen LogP contribution in [0.25, 0.3) is 0 Å². The molecule has 0 saturated heterocycles. The number of nitrogens with two attached hydrogens (primary N) is 1. The summed E-state index contributed by atoms with van der Waals surface area (Å²) in [6.45, 7) is 0.572. The Hall–Kier alpha value is -2.77. The van der Waals surface area contributed by atoms with E-state index < -0.39 is 0 Å². The van der Waals surface area contributed by atoms with Crippen molar-refractivity contribution in [3.8, 4) is 17.9 Å². The number of carbonyl (C=O) groups is 1. The second kappa shape index (κ2) is 8.41. The highest BCUT2D eigenvalue weighted by molar-refractivity contribution is 5.92. The number of carbonyl (C=O) groups excluding carboxylic acids is 1. The maximum absolute atomic E-state index is 11.9. The van der Waals surface area contributed by atoms with E-state index in [-0.39, 0.29) is 25.4 Å². The molecule has 0 saturated carbocycles. The second-order valence-electron chi connectivity index (χ2n) is 4.28. The zero-order valence-electron chi connectivity index (χ0n) is 11.8. The highest BCUT2D eigenvalue weighted by Gasteiger charge is 2.10. The number of rotatable bonds is 7. The largest absolute Gasteiger partial charge is 0.494 e. The number of nitriles is 2. The van der Waals surface area contributed by atoms with Gasteiger partial charge in [0.1, 0.15) is 5.75 Å². The first-order chi connectivity index (χ1) is 10.1. The molecule has 21 heavy (non-hydrogen) atoms. The minimum atomic E-state index is -0.223. The summed E-state index contributed by atoms with van der Waals surface area (Å²) in [6.07, 6.45) is 0.177. The van der Waals surface area contributed by atoms with E-state index in [0.717, 1.165) is 0 Å². The lowest BCUT2D eigenvalue weighted by Gasteiger charge is -2.15. The predicted octanol–water partition coefficient (Wildman–Crippen LogP) is 0.955. The van der Waals surface area contributed by atoms with Gasteiger partial charge in [-0.2, -0.15) is 10.5 Å². The van der Waals surface area contributed by atoms with E-state index in [2.05, 4.69) is 5.32 Å². The molecule has 0 spiro atoms. The van der Waals surface area contributed by atoms with Crippen LogP contribution in [0, 0.1) is 22.7 Å². The number of benzene rings is 1. The molecule has 0 aliphatic rings. The Bertz CT molecular complexity index is 558. The zero-order chi connectivity index (χ0) is 15.7. The lowest BCUT2D eigenvalue weighted by atomic mass is 10.2. The van der Waals surface area contributed by atoms with Crippen molar-refractivity contribution in [2.45, 2.75) is 6.42 Å². The summed E-state index contributed by atoms with van der Waals surface area (Å²) in [6, 6.07) is 8.86. The van der Waals surface area contributed by atoms with E-state index in [1.165, 1.54) is 7.11 Å². The summed E-state index contributed by atoms with van der Waals surface area (Å²) in [5.74, 6) is 0.258. The topological polar surface area (TPSA) is 115 Å². The van der Waals surface area contributed by atoms with E-state index in [4.69, 9.17) is 21.0 Å². The number of ether oxygens (including phenoxy) is 1. The smallest absolute Gasteiger partial charge is 0.225 e. The highest BCUT2D eigenvalue weighted by Crippen LogP contribution is 2.26. The summed E-state index contributed by atoms with van der Waals surface area (Å²) in [4.78, 5) is 13.5. The molecule has 1 aromatic rings. The van der Waals surface area contributed by atoms with Gasteiger partial charge < -0.3 is 15.8 Å². The fourth-order valence-electron chi connectivity index (χ4n) is 1.70. The first kappa shape index (κ1) is 16.3. The third kappa shape index (κ3) is 5.39. The van der Waals surface area contributed by atoms with Crippen LogP contribution in [0.4, 0.5) is 11.4 Å². The maximum Gasteiger partial charge on any atom is 0.225 e. The van der Waals surface area contributed by atoms with Gasteiger partial charge in [-0.25, -0.2) is 0 Å². The minimum Gasteiger partial charge on any atom is -0.494 e. The molecular weight excluding hydrogens is 270 g/mol. The van der Waals surface area contributed by atoms with Crippen LogP contribution in [-0.4, -0.2) is 37.6 Å². The van der Waals surface area contributed by atoms with Crippen molar-refractivity contribution in [2.24, 2.45) is 0 Å². The number of hydrogen-bond acceptors (Lipinski definition) is 6.